The molecule has 1 N–H and O–H groups in total. The highest BCUT2D eigenvalue weighted by Gasteiger charge is 2.05. The van der Waals surface area contributed by atoms with Gasteiger partial charge in [0.15, 0.2) is 18.1 Å². The van der Waals surface area contributed by atoms with Gasteiger partial charge in [0.25, 0.3) is 5.91 Å². The number of hydrogen-bond acceptors (Lipinski definition) is 4. The Morgan fingerprint density at radius 3 is 2.55 bits per heavy atom. The third-order valence-corrected chi connectivity index (χ3v) is 3.42. The fourth-order valence-corrected chi connectivity index (χ4v) is 2.00. The maximum atomic E-state index is 11.7. The maximum Gasteiger partial charge on any atom is 0.277 e. The molecule has 2 aromatic rings. The normalized spacial score (nSPS) is 10.5. The molecule has 0 saturated heterocycles. The Bertz CT molecular complexity index is 657. The smallest absolute Gasteiger partial charge is 0.277 e. The predicted octanol–water partition coefficient (Wildman–Crippen LogP) is 2.83. The van der Waals surface area contributed by atoms with Crippen LogP contribution in [0.25, 0.3) is 0 Å². The zero-order chi connectivity index (χ0) is 15.8. The summed E-state index contributed by atoms with van der Waals surface area (Å²) in [6.07, 6.45) is 1.58. The fraction of sp³-hybridized carbons (Fsp3) is 0.125. The highest BCUT2D eigenvalue weighted by Crippen LogP contribution is 2.25. The van der Waals surface area contributed by atoms with E-state index in [4.69, 9.17) is 9.47 Å². The zero-order valence-corrected chi connectivity index (χ0v) is 14.1. The molecule has 0 aliphatic heterocycles. The quantitative estimate of drug-likeness (QED) is 0.453. The van der Waals surface area contributed by atoms with Gasteiger partial charge in [-0.1, -0.05) is 24.3 Å². The third-order valence-electron chi connectivity index (χ3n) is 2.70. The number of nitrogens with one attached hydrogen (secondary N) is 1. The van der Waals surface area contributed by atoms with Crippen LogP contribution in [0.2, 0.25) is 0 Å². The van der Waals surface area contributed by atoms with Crippen LogP contribution in [0.3, 0.4) is 0 Å². The lowest BCUT2D eigenvalue weighted by atomic mass is 10.2. The average molecular weight is 410 g/mol. The van der Waals surface area contributed by atoms with Crippen LogP contribution in [-0.4, -0.2) is 25.8 Å². The Morgan fingerprint density at radius 1 is 1.18 bits per heavy atom. The number of hydrazone groups is 1. The van der Waals surface area contributed by atoms with Crippen LogP contribution in [0.15, 0.2) is 53.6 Å². The summed E-state index contributed by atoms with van der Waals surface area (Å²) in [5, 5.41) is 3.89. The van der Waals surface area contributed by atoms with Gasteiger partial charge in [-0.05, 0) is 52.4 Å². The average Bonchev–Trinajstić information content (AvgIpc) is 2.55. The van der Waals surface area contributed by atoms with Gasteiger partial charge in [0, 0.05) is 3.57 Å². The van der Waals surface area contributed by atoms with E-state index in [9.17, 15) is 4.79 Å². The number of amides is 1. The molecule has 114 valence electrons. The largest absolute Gasteiger partial charge is 0.493 e. The summed E-state index contributed by atoms with van der Waals surface area (Å²) in [6, 6.07) is 14.9. The topological polar surface area (TPSA) is 59.9 Å². The van der Waals surface area contributed by atoms with Crippen LogP contribution < -0.4 is 14.9 Å². The summed E-state index contributed by atoms with van der Waals surface area (Å²) in [7, 11) is 1.55. The highest BCUT2D eigenvalue weighted by molar-refractivity contribution is 14.1. The van der Waals surface area contributed by atoms with Crippen molar-refractivity contribution in [3.8, 4) is 11.5 Å². The molecule has 0 bridgehead atoms. The molecule has 6 heteroatoms. The van der Waals surface area contributed by atoms with Crippen molar-refractivity contribution in [1.29, 1.82) is 0 Å². The number of carbonyl (C=O) groups is 1. The van der Waals surface area contributed by atoms with E-state index in [-0.39, 0.29) is 12.5 Å². The lowest BCUT2D eigenvalue weighted by Gasteiger charge is -2.09. The molecule has 1 amide bonds. The molecular weight excluding hydrogens is 395 g/mol. The summed E-state index contributed by atoms with van der Waals surface area (Å²) < 4.78 is 11.7. The second kappa shape index (κ2) is 8.38. The van der Waals surface area contributed by atoms with Crippen molar-refractivity contribution in [3.05, 3.63) is 57.7 Å². The number of carbonyl (C=O) groups excluding carboxylic acids is 1. The molecule has 0 aromatic heterocycles. The Hall–Kier alpha value is -2.09. The van der Waals surface area contributed by atoms with Gasteiger partial charge in [-0.2, -0.15) is 5.10 Å². The van der Waals surface area contributed by atoms with Crippen LogP contribution in [0.1, 0.15) is 5.56 Å². The molecule has 22 heavy (non-hydrogen) atoms. The van der Waals surface area contributed by atoms with E-state index in [0.29, 0.717) is 11.5 Å². The number of hydrogen-bond donors (Lipinski definition) is 1. The first-order valence-electron chi connectivity index (χ1n) is 6.52. The first-order valence-corrected chi connectivity index (χ1v) is 7.60. The Kier molecular flexibility index (Phi) is 6.20. The van der Waals surface area contributed by atoms with Crippen molar-refractivity contribution >= 4 is 34.7 Å². The van der Waals surface area contributed by atoms with Gasteiger partial charge in [0.05, 0.1) is 13.3 Å². The predicted molar refractivity (Wildman–Crippen MR) is 93.4 cm³/mol. The van der Waals surface area contributed by atoms with Gasteiger partial charge < -0.3 is 9.47 Å². The molecule has 5 nitrogen and oxygen atoms in total. The van der Waals surface area contributed by atoms with Gasteiger partial charge in [0.2, 0.25) is 0 Å². The standard InChI is InChI=1S/C16H15IN2O3/c1-21-14-4-2-3-5-15(14)22-11-16(20)19-18-10-12-6-8-13(17)9-7-12/h2-10H,11H2,1H3,(H,19,20)/b18-10+. The van der Waals surface area contributed by atoms with Crippen molar-refractivity contribution < 1.29 is 14.3 Å². The molecule has 0 radical (unpaired) electrons. The van der Waals surface area contributed by atoms with Crippen molar-refractivity contribution in [2.45, 2.75) is 0 Å². The number of rotatable bonds is 6. The Labute approximate surface area is 142 Å². The van der Waals surface area contributed by atoms with E-state index >= 15 is 0 Å². The molecule has 0 spiro atoms. The van der Waals surface area contributed by atoms with E-state index in [1.807, 2.05) is 36.4 Å². The van der Waals surface area contributed by atoms with Crippen LogP contribution in [0.5, 0.6) is 11.5 Å². The minimum absolute atomic E-state index is 0.135. The molecule has 0 fully saturated rings. The van der Waals surface area contributed by atoms with Crippen LogP contribution >= 0.6 is 22.6 Å². The first kappa shape index (κ1) is 16.3. The molecule has 0 unspecified atom stereocenters. The van der Waals surface area contributed by atoms with Crippen molar-refractivity contribution in [2.24, 2.45) is 5.10 Å². The summed E-state index contributed by atoms with van der Waals surface area (Å²) in [4.78, 5) is 11.7. The molecule has 2 rings (SSSR count). The Balaban J connectivity index is 1.82. The van der Waals surface area contributed by atoms with E-state index in [0.717, 1.165) is 9.13 Å². The lowest BCUT2D eigenvalue weighted by molar-refractivity contribution is -0.123. The summed E-state index contributed by atoms with van der Waals surface area (Å²) in [5.41, 5.74) is 3.32. The number of halogens is 1. The van der Waals surface area contributed by atoms with E-state index in [2.05, 4.69) is 33.1 Å². The van der Waals surface area contributed by atoms with Gasteiger partial charge in [-0.25, -0.2) is 5.43 Å². The van der Waals surface area contributed by atoms with Crippen LogP contribution in [0, 0.1) is 3.57 Å². The van der Waals surface area contributed by atoms with Crippen molar-refractivity contribution in [3.63, 3.8) is 0 Å². The number of ether oxygens (including phenoxy) is 2. The number of methoxy groups -OCH3 is 1. The third kappa shape index (κ3) is 5.03. The highest BCUT2D eigenvalue weighted by atomic mass is 127. The molecule has 0 aliphatic rings. The lowest BCUT2D eigenvalue weighted by Crippen LogP contribution is -2.24. The van der Waals surface area contributed by atoms with E-state index in [1.54, 1.807) is 25.5 Å². The van der Waals surface area contributed by atoms with Crippen molar-refractivity contribution in [1.82, 2.24) is 5.43 Å². The minimum Gasteiger partial charge on any atom is -0.493 e. The molecule has 0 atom stereocenters. The number of benzene rings is 2. The van der Waals surface area contributed by atoms with Crippen LogP contribution in [-0.2, 0) is 4.79 Å². The number of para-hydroxylation sites is 2. The SMILES string of the molecule is COc1ccccc1OCC(=O)N/N=C/c1ccc(I)cc1. The Morgan fingerprint density at radius 2 is 1.86 bits per heavy atom. The minimum atomic E-state index is -0.340. The fourth-order valence-electron chi connectivity index (χ4n) is 1.64. The van der Waals surface area contributed by atoms with Gasteiger partial charge in [-0.3, -0.25) is 4.79 Å². The zero-order valence-electron chi connectivity index (χ0n) is 12.0. The van der Waals surface area contributed by atoms with Gasteiger partial charge >= 0.3 is 0 Å². The van der Waals surface area contributed by atoms with E-state index in [1.165, 1.54) is 0 Å². The summed E-state index contributed by atoms with van der Waals surface area (Å²) in [5.74, 6) is 0.757. The molecule has 0 saturated carbocycles. The van der Waals surface area contributed by atoms with Gasteiger partial charge in [-0.15, -0.1) is 0 Å². The second-order valence-corrected chi connectivity index (χ2v) is 5.53. The molecule has 0 aliphatic carbocycles. The number of nitrogens with zero attached hydrogens (tertiary/aromatic N) is 1. The maximum absolute atomic E-state index is 11.7. The van der Waals surface area contributed by atoms with Crippen molar-refractivity contribution in [2.75, 3.05) is 13.7 Å². The summed E-state index contributed by atoms with van der Waals surface area (Å²) >= 11 is 2.23. The first-order chi connectivity index (χ1) is 10.7. The van der Waals surface area contributed by atoms with Crippen LogP contribution in [0.4, 0.5) is 0 Å². The monoisotopic (exact) mass is 410 g/mol. The van der Waals surface area contributed by atoms with Gasteiger partial charge in [0.1, 0.15) is 0 Å². The molecule has 0 heterocycles. The van der Waals surface area contributed by atoms with E-state index < -0.39 is 0 Å². The molecular formula is C16H15IN2O3. The second-order valence-electron chi connectivity index (χ2n) is 4.28. The molecule has 2 aromatic carbocycles. The summed E-state index contributed by atoms with van der Waals surface area (Å²) in [6.45, 7) is -0.135.